The average molecular weight is 306 g/mol. The van der Waals surface area contributed by atoms with Crippen LogP contribution >= 0.6 is 22.9 Å². The van der Waals surface area contributed by atoms with Gasteiger partial charge < -0.3 is 4.90 Å². The van der Waals surface area contributed by atoms with E-state index in [-0.39, 0.29) is 0 Å². The number of hydrogen-bond acceptors (Lipinski definition) is 5. The molecule has 0 saturated carbocycles. The summed E-state index contributed by atoms with van der Waals surface area (Å²) in [5.41, 5.74) is 2.34. The lowest BCUT2D eigenvalue weighted by atomic mass is 10.1. The second kappa shape index (κ2) is 4.43. The number of fused-ring (bicyclic) bond motifs is 2. The highest BCUT2D eigenvalue weighted by Crippen LogP contribution is 2.31. The van der Waals surface area contributed by atoms with Gasteiger partial charge in [-0.3, -0.25) is 0 Å². The van der Waals surface area contributed by atoms with Crippen molar-refractivity contribution in [3.8, 4) is 0 Å². The van der Waals surface area contributed by atoms with Gasteiger partial charge in [-0.25, -0.2) is 0 Å². The summed E-state index contributed by atoms with van der Waals surface area (Å²) in [6, 6.07) is 2.20. The Kier molecular flexibility index (Phi) is 2.68. The van der Waals surface area contributed by atoms with E-state index in [1.165, 1.54) is 16.8 Å². The molecule has 7 heteroatoms. The topological polar surface area (TPSA) is 46.3 Å². The van der Waals surface area contributed by atoms with Crippen LogP contribution in [0.3, 0.4) is 0 Å². The third-order valence-electron chi connectivity index (χ3n) is 3.68. The van der Waals surface area contributed by atoms with Crippen LogP contribution in [0.25, 0.3) is 5.78 Å². The molecule has 0 aromatic carbocycles. The molecule has 0 amide bonds. The zero-order valence-electron chi connectivity index (χ0n) is 10.9. The van der Waals surface area contributed by atoms with Crippen molar-refractivity contribution in [2.24, 2.45) is 0 Å². The Balaban J connectivity index is 1.86. The van der Waals surface area contributed by atoms with Gasteiger partial charge >= 0.3 is 0 Å². The molecule has 102 valence electrons. The normalized spacial score (nSPS) is 14.8. The lowest BCUT2D eigenvalue weighted by Crippen LogP contribution is -2.32. The van der Waals surface area contributed by atoms with Gasteiger partial charge in [0.05, 0.1) is 0 Å². The van der Waals surface area contributed by atoms with Crippen LogP contribution in [0.2, 0.25) is 5.15 Å². The Morgan fingerprint density at radius 2 is 2.30 bits per heavy atom. The fraction of sp³-hybridized carbons (Fsp3) is 0.308. The first kappa shape index (κ1) is 12.1. The predicted molar refractivity (Wildman–Crippen MR) is 79.6 cm³/mol. The Hall–Kier alpha value is -1.66. The van der Waals surface area contributed by atoms with Gasteiger partial charge in [0.15, 0.2) is 0 Å². The third-order valence-corrected chi connectivity index (χ3v) is 5.07. The minimum atomic E-state index is 0.497. The van der Waals surface area contributed by atoms with Gasteiger partial charge in [-0.05, 0) is 30.4 Å². The smallest absolute Gasteiger partial charge is 0.255 e. The monoisotopic (exact) mass is 305 g/mol. The quantitative estimate of drug-likeness (QED) is 0.649. The van der Waals surface area contributed by atoms with E-state index in [1.807, 2.05) is 18.3 Å². The first-order valence-corrected chi connectivity index (χ1v) is 7.66. The molecule has 5 nitrogen and oxygen atoms in total. The molecule has 0 unspecified atom stereocenters. The molecule has 3 aromatic rings. The Bertz CT molecular complexity index is 793. The van der Waals surface area contributed by atoms with E-state index in [9.17, 15) is 0 Å². The number of thiophene rings is 1. The van der Waals surface area contributed by atoms with Gasteiger partial charge in [0, 0.05) is 23.5 Å². The predicted octanol–water partition coefficient (Wildman–Crippen LogP) is 2.71. The third kappa shape index (κ3) is 1.72. The maximum absolute atomic E-state index is 6.23. The fourth-order valence-corrected chi connectivity index (χ4v) is 3.73. The number of nitrogens with zero attached hydrogens (tertiary/aromatic N) is 5. The summed E-state index contributed by atoms with van der Waals surface area (Å²) >= 11 is 8.07. The van der Waals surface area contributed by atoms with Gasteiger partial charge in [-0.15, -0.1) is 11.3 Å². The molecule has 0 atom stereocenters. The van der Waals surface area contributed by atoms with E-state index < -0.39 is 0 Å². The molecule has 0 bridgehead atoms. The largest absolute Gasteiger partial charge is 0.351 e. The lowest BCUT2D eigenvalue weighted by molar-refractivity contribution is 0.708. The summed E-state index contributed by atoms with van der Waals surface area (Å²) in [5, 5.41) is 6.94. The average Bonchev–Trinajstić information content (AvgIpc) is 3.07. The van der Waals surface area contributed by atoms with Crippen molar-refractivity contribution in [1.82, 2.24) is 19.6 Å². The fourth-order valence-electron chi connectivity index (χ4n) is 2.68. The van der Waals surface area contributed by atoms with Crippen LogP contribution in [0.15, 0.2) is 17.8 Å². The lowest BCUT2D eigenvalue weighted by Gasteiger charge is -2.30. The first-order valence-electron chi connectivity index (χ1n) is 6.40. The van der Waals surface area contributed by atoms with Crippen molar-refractivity contribution in [3.63, 3.8) is 0 Å². The Labute approximate surface area is 124 Å². The molecule has 3 aromatic heterocycles. The van der Waals surface area contributed by atoms with Gasteiger partial charge in [-0.2, -0.15) is 19.6 Å². The zero-order valence-corrected chi connectivity index (χ0v) is 12.4. The first-order chi connectivity index (χ1) is 9.74. The van der Waals surface area contributed by atoms with E-state index in [0.717, 1.165) is 30.9 Å². The Morgan fingerprint density at radius 1 is 1.40 bits per heavy atom. The van der Waals surface area contributed by atoms with E-state index in [0.29, 0.717) is 10.9 Å². The molecule has 0 aliphatic carbocycles. The van der Waals surface area contributed by atoms with Crippen molar-refractivity contribution in [3.05, 3.63) is 38.9 Å². The number of aromatic nitrogens is 4. The molecule has 0 N–H and O–H groups in total. The van der Waals surface area contributed by atoms with Crippen LogP contribution in [0, 0.1) is 6.92 Å². The molecule has 4 rings (SSSR count). The minimum Gasteiger partial charge on any atom is -0.351 e. The van der Waals surface area contributed by atoms with Crippen LogP contribution in [0.1, 0.15) is 16.0 Å². The molecule has 1 aliphatic rings. The van der Waals surface area contributed by atoms with Gasteiger partial charge in [0.1, 0.15) is 17.3 Å². The summed E-state index contributed by atoms with van der Waals surface area (Å²) in [6.07, 6.45) is 2.57. The number of hydrogen-bond donors (Lipinski definition) is 0. The molecule has 4 heterocycles. The number of anilines is 1. The van der Waals surface area contributed by atoms with E-state index in [4.69, 9.17) is 11.6 Å². The number of halogens is 1. The summed E-state index contributed by atoms with van der Waals surface area (Å²) in [6.45, 7) is 3.83. The van der Waals surface area contributed by atoms with Gasteiger partial charge in [0.25, 0.3) is 5.78 Å². The van der Waals surface area contributed by atoms with Crippen LogP contribution in [0.4, 0.5) is 5.82 Å². The molecule has 0 fully saturated rings. The highest BCUT2D eigenvalue weighted by molar-refractivity contribution is 7.10. The highest BCUT2D eigenvalue weighted by Gasteiger charge is 2.23. The van der Waals surface area contributed by atoms with Crippen molar-refractivity contribution in [2.75, 3.05) is 11.4 Å². The van der Waals surface area contributed by atoms with E-state index in [2.05, 4.69) is 31.4 Å². The van der Waals surface area contributed by atoms with Crippen molar-refractivity contribution >= 4 is 34.5 Å². The van der Waals surface area contributed by atoms with Crippen LogP contribution in [0.5, 0.6) is 0 Å². The summed E-state index contributed by atoms with van der Waals surface area (Å²) in [5.74, 6) is 1.54. The van der Waals surface area contributed by atoms with Crippen LogP contribution in [-0.2, 0) is 13.0 Å². The summed E-state index contributed by atoms with van der Waals surface area (Å²) < 4.78 is 1.78. The molecule has 0 saturated heterocycles. The molecule has 0 spiro atoms. The maximum atomic E-state index is 6.23. The molecular weight excluding hydrogens is 294 g/mol. The van der Waals surface area contributed by atoms with Gasteiger partial charge in [0.2, 0.25) is 0 Å². The standard InChI is InChI=1S/C13H12ClN5S/c1-8-11(14)17-13-15-7-16-19(13)12(8)18-4-2-10-9(6-18)3-5-20-10/h3,5,7H,2,4,6H2,1H3. The molecule has 0 radical (unpaired) electrons. The second-order valence-corrected chi connectivity index (χ2v) is 6.22. The van der Waals surface area contributed by atoms with Gasteiger partial charge in [-0.1, -0.05) is 11.6 Å². The zero-order chi connectivity index (χ0) is 13.7. The highest BCUT2D eigenvalue weighted by atomic mass is 35.5. The van der Waals surface area contributed by atoms with Crippen molar-refractivity contribution in [1.29, 1.82) is 0 Å². The summed E-state index contributed by atoms with van der Waals surface area (Å²) in [7, 11) is 0. The molecular formula is C13H12ClN5S. The van der Waals surface area contributed by atoms with E-state index in [1.54, 1.807) is 4.52 Å². The minimum absolute atomic E-state index is 0.497. The molecule has 20 heavy (non-hydrogen) atoms. The van der Waals surface area contributed by atoms with E-state index >= 15 is 0 Å². The van der Waals surface area contributed by atoms with Crippen molar-refractivity contribution < 1.29 is 0 Å². The molecule has 1 aliphatic heterocycles. The SMILES string of the molecule is Cc1c(Cl)nc2ncnn2c1N1CCc2sccc2C1. The second-order valence-electron chi connectivity index (χ2n) is 4.86. The Morgan fingerprint density at radius 3 is 3.20 bits per heavy atom. The number of rotatable bonds is 1. The van der Waals surface area contributed by atoms with Crippen LogP contribution < -0.4 is 4.90 Å². The van der Waals surface area contributed by atoms with Crippen LogP contribution in [-0.4, -0.2) is 26.1 Å². The summed E-state index contributed by atoms with van der Waals surface area (Å²) in [4.78, 5) is 12.2. The maximum Gasteiger partial charge on any atom is 0.255 e. The van der Waals surface area contributed by atoms with Crippen molar-refractivity contribution in [2.45, 2.75) is 19.9 Å².